The van der Waals surface area contributed by atoms with Crippen molar-refractivity contribution in [3.8, 4) is 0 Å². The first-order chi connectivity index (χ1) is 10.2. The molecule has 128 valence electrons. The molecule has 0 saturated carbocycles. The van der Waals surface area contributed by atoms with Crippen LogP contribution >= 0.6 is 0 Å². The Labute approximate surface area is 130 Å². The van der Waals surface area contributed by atoms with Crippen LogP contribution in [0.15, 0.2) is 0 Å². The summed E-state index contributed by atoms with van der Waals surface area (Å²) in [7, 11) is 1.44. The number of hydrogen-bond donors (Lipinski definition) is 5. The van der Waals surface area contributed by atoms with Gasteiger partial charge in [0.25, 0.3) is 0 Å². The van der Waals surface area contributed by atoms with Crippen molar-refractivity contribution in [1.29, 1.82) is 0 Å². The van der Waals surface area contributed by atoms with Gasteiger partial charge in [0, 0.05) is 19.5 Å². The lowest BCUT2D eigenvalue weighted by Crippen LogP contribution is -2.50. The molecule has 0 spiro atoms. The molecule has 0 heterocycles. The fourth-order valence-electron chi connectivity index (χ4n) is 1.75. The molecule has 9 nitrogen and oxygen atoms in total. The molecule has 0 fully saturated rings. The average molecular weight is 317 g/mol. The second-order valence-electron chi connectivity index (χ2n) is 5.54. The summed E-state index contributed by atoms with van der Waals surface area (Å²) in [6.45, 7) is 3.64. The third-order valence-electron chi connectivity index (χ3n) is 3.00. The lowest BCUT2D eigenvalue weighted by atomic mass is 10.0. The number of carboxylic acid groups (broad SMARTS) is 1. The summed E-state index contributed by atoms with van der Waals surface area (Å²) in [6.07, 6.45) is 0.421. The monoisotopic (exact) mass is 317 g/mol. The van der Waals surface area contributed by atoms with E-state index in [1.165, 1.54) is 7.05 Å². The van der Waals surface area contributed by atoms with Gasteiger partial charge in [-0.15, -0.1) is 0 Å². The average Bonchev–Trinajstić information content (AvgIpc) is 2.36. The highest BCUT2D eigenvalue weighted by molar-refractivity contribution is 5.83. The predicted molar refractivity (Wildman–Crippen MR) is 81.4 cm³/mol. The molecule has 0 aromatic rings. The number of hydrazine groups is 1. The Bertz CT molecular complexity index is 389. The number of carboxylic acids is 1. The fourth-order valence-corrected chi connectivity index (χ4v) is 1.75. The van der Waals surface area contributed by atoms with Gasteiger partial charge in [-0.2, -0.15) is 0 Å². The lowest BCUT2D eigenvalue weighted by Gasteiger charge is -2.23. The predicted octanol–water partition coefficient (Wildman–Crippen LogP) is -1.76. The first-order valence-electron chi connectivity index (χ1n) is 7.15. The van der Waals surface area contributed by atoms with Gasteiger partial charge in [-0.1, -0.05) is 13.8 Å². The van der Waals surface area contributed by atoms with E-state index in [9.17, 15) is 14.4 Å². The molecule has 0 aromatic carbocycles. The molecule has 22 heavy (non-hydrogen) atoms. The van der Waals surface area contributed by atoms with Gasteiger partial charge in [-0.3, -0.25) is 19.8 Å². The van der Waals surface area contributed by atoms with Crippen LogP contribution in [0, 0.1) is 5.92 Å². The van der Waals surface area contributed by atoms with Gasteiger partial charge >= 0.3 is 5.97 Å². The van der Waals surface area contributed by atoms with E-state index in [2.05, 4.69) is 10.7 Å². The van der Waals surface area contributed by atoms with E-state index in [-0.39, 0.29) is 24.8 Å². The van der Waals surface area contributed by atoms with Crippen molar-refractivity contribution in [3.63, 3.8) is 0 Å². The number of carbonyl (C=O) groups is 3. The molecule has 7 N–H and O–H groups in total. The topological polar surface area (TPSA) is 151 Å². The summed E-state index contributed by atoms with van der Waals surface area (Å²) in [5.74, 6) is -1.81. The van der Waals surface area contributed by atoms with E-state index in [4.69, 9.17) is 16.6 Å². The maximum atomic E-state index is 11.9. The molecule has 0 rings (SSSR count). The molecular formula is C13H27N5O4. The largest absolute Gasteiger partial charge is 0.480 e. The number of likely N-dealkylation sites (N-methyl/N-ethyl adjacent to an activating group) is 1. The molecule has 2 atom stereocenters. The molecule has 0 unspecified atom stereocenters. The van der Waals surface area contributed by atoms with Crippen LogP contribution in [0.2, 0.25) is 0 Å². The molecular weight excluding hydrogens is 290 g/mol. The van der Waals surface area contributed by atoms with Crippen LogP contribution in [0.5, 0.6) is 0 Å². The summed E-state index contributed by atoms with van der Waals surface area (Å²) in [5.41, 5.74) is 13.7. The smallest absolute Gasteiger partial charge is 0.319 e. The quantitative estimate of drug-likeness (QED) is 0.299. The van der Waals surface area contributed by atoms with Crippen molar-refractivity contribution in [2.45, 2.75) is 38.8 Å². The summed E-state index contributed by atoms with van der Waals surface area (Å²) in [5, 5.41) is 12.5. The molecule has 0 aliphatic carbocycles. The SMILES string of the molecule is CC(C)[C@H](N)C(=O)N[C@@H](CCN)CC(=O)NN(C)CC(=O)O. The number of aliphatic carboxylic acids is 1. The Balaban J connectivity index is 4.47. The summed E-state index contributed by atoms with van der Waals surface area (Å²) >= 11 is 0. The molecule has 0 aliphatic rings. The Kier molecular flexibility index (Phi) is 9.31. The van der Waals surface area contributed by atoms with Crippen LogP contribution in [0.1, 0.15) is 26.7 Å². The zero-order chi connectivity index (χ0) is 17.3. The van der Waals surface area contributed by atoms with Gasteiger partial charge in [0.05, 0.1) is 6.04 Å². The third-order valence-corrected chi connectivity index (χ3v) is 3.00. The van der Waals surface area contributed by atoms with E-state index in [1.54, 1.807) is 0 Å². The highest BCUT2D eigenvalue weighted by Gasteiger charge is 2.22. The molecule has 0 aliphatic heterocycles. The molecule has 0 bridgehead atoms. The standard InChI is InChI=1S/C13H27N5O4/c1-8(2)12(15)13(22)16-9(4-5-14)6-10(19)17-18(3)7-11(20)21/h8-9,12H,4-7,14-15H2,1-3H3,(H,16,22)(H,17,19)(H,20,21)/t9-,12-/m0/s1. The van der Waals surface area contributed by atoms with Crippen LogP contribution in [0.3, 0.4) is 0 Å². The summed E-state index contributed by atoms with van der Waals surface area (Å²) in [4.78, 5) is 34.3. The van der Waals surface area contributed by atoms with E-state index < -0.39 is 24.0 Å². The zero-order valence-corrected chi connectivity index (χ0v) is 13.3. The van der Waals surface area contributed by atoms with Crippen LogP contribution in [0.4, 0.5) is 0 Å². The summed E-state index contributed by atoms with van der Waals surface area (Å²) < 4.78 is 0. The Morgan fingerprint density at radius 2 is 1.86 bits per heavy atom. The number of rotatable bonds is 10. The van der Waals surface area contributed by atoms with Crippen LogP contribution in [-0.2, 0) is 14.4 Å². The number of nitrogens with two attached hydrogens (primary N) is 2. The van der Waals surface area contributed by atoms with Crippen molar-refractivity contribution in [2.24, 2.45) is 17.4 Å². The molecule has 0 radical (unpaired) electrons. The van der Waals surface area contributed by atoms with Crippen molar-refractivity contribution in [1.82, 2.24) is 15.8 Å². The molecule has 0 aromatic heterocycles. The van der Waals surface area contributed by atoms with Gasteiger partial charge in [-0.05, 0) is 18.9 Å². The van der Waals surface area contributed by atoms with Crippen molar-refractivity contribution >= 4 is 17.8 Å². The number of amides is 2. The summed E-state index contributed by atoms with van der Waals surface area (Å²) in [6, 6.07) is -1.10. The first kappa shape index (κ1) is 20.3. The minimum Gasteiger partial charge on any atom is -0.480 e. The second kappa shape index (κ2) is 10.1. The Morgan fingerprint density at radius 1 is 1.27 bits per heavy atom. The number of nitrogens with zero attached hydrogens (tertiary/aromatic N) is 1. The van der Waals surface area contributed by atoms with Gasteiger partial charge < -0.3 is 21.9 Å². The van der Waals surface area contributed by atoms with Crippen LogP contribution < -0.4 is 22.2 Å². The van der Waals surface area contributed by atoms with Crippen molar-refractivity contribution in [3.05, 3.63) is 0 Å². The van der Waals surface area contributed by atoms with Crippen molar-refractivity contribution < 1.29 is 19.5 Å². The van der Waals surface area contributed by atoms with Crippen LogP contribution in [0.25, 0.3) is 0 Å². The highest BCUT2D eigenvalue weighted by atomic mass is 16.4. The zero-order valence-electron chi connectivity index (χ0n) is 13.3. The van der Waals surface area contributed by atoms with E-state index in [1.807, 2.05) is 13.8 Å². The van der Waals surface area contributed by atoms with Crippen LogP contribution in [-0.4, -0.2) is 60.1 Å². The Hall–Kier alpha value is -1.71. The van der Waals surface area contributed by atoms with Crippen molar-refractivity contribution in [2.75, 3.05) is 20.1 Å². The minimum atomic E-state index is -1.06. The highest BCUT2D eigenvalue weighted by Crippen LogP contribution is 2.02. The third kappa shape index (κ3) is 8.55. The number of hydrogen-bond acceptors (Lipinski definition) is 6. The van der Waals surface area contributed by atoms with E-state index in [0.717, 1.165) is 5.01 Å². The lowest BCUT2D eigenvalue weighted by molar-refractivity contribution is -0.139. The maximum Gasteiger partial charge on any atom is 0.319 e. The Morgan fingerprint density at radius 3 is 2.32 bits per heavy atom. The van der Waals surface area contributed by atoms with E-state index in [0.29, 0.717) is 13.0 Å². The molecule has 2 amide bonds. The fraction of sp³-hybridized carbons (Fsp3) is 0.769. The normalized spacial score (nSPS) is 13.8. The number of nitrogens with one attached hydrogen (secondary N) is 2. The minimum absolute atomic E-state index is 0.00227. The van der Waals surface area contributed by atoms with Gasteiger partial charge in [0.1, 0.15) is 6.54 Å². The number of carbonyl (C=O) groups excluding carboxylic acids is 2. The van der Waals surface area contributed by atoms with Gasteiger partial charge in [-0.25, -0.2) is 5.01 Å². The molecule has 0 saturated heterocycles. The maximum absolute atomic E-state index is 11.9. The second-order valence-corrected chi connectivity index (χ2v) is 5.54. The first-order valence-corrected chi connectivity index (χ1v) is 7.15. The van der Waals surface area contributed by atoms with Gasteiger partial charge in [0.2, 0.25) is 11.8 Å². The van der Waals surface area contributed by atoms with Gasteiger partial charge in [0.15, 0.2) is 0 Å². The van der Waals surface area contributed by atoms with E-state index >= 15 is 0 Å². The molecule has 9 heteroatoms.